The van der Waals surface area contributed by atoms with Gasteiger partial charge in [-0.05, 0) is 55.0 Å². The van der Waals surface area contributed by atoms with Crippen LogP contribution in [0.4, 0.5) is 0 Å². The van der Waals surface area contributed by atoms with E-state index in [9.17, 15) is 14.4 Å². The summed E-state index contributed by atoms with van der Waals surface area (Å²) in [6.45, 7) is 1.33. The lowest BCUT2D eigenvalue weighted by Gasteiger charge is -2.11. The van der Waals surface area contributed by atoms with Crippen molar-refractivity contribution in [1.82, 2.24) is 15.0 Å². The highest BCUT2D eigenvalue weighted by molar-refractivity contribution is 6.10. The number of amides is 1. The fraction of sp³-hybridized carbons (Fsp3) is 0.115. The number of hydrazone groups is 1. The Morgan fingerprint density at radius 2 is 1.76 bits per heavy atom. The third-order valence-electron chi connectivity index (χ3n) is 5.23. The molecule has 0 aliphatic carbocycles. The first kappa shape index (κ1) is 22.6. The summed E-state index contributed by atoms with van der Waals surface area (Å²) in [5, 5.41) is 3.96. The van der Waals surface area contributed by atoms with E-state index in [4.69, 9.17) is 4.74 Å². The monoisotopic (exact) mass is 454 g/mol. The van der Waals surface area contributed by atoms with Crippen molar-refractivity contribution in [3.63, 3.8) is 0 Å². The lowest BCUT2D eigenvalue weighted by molar-refractivity contribution is -0.121. The number of aromatic nitrogens is 2. The maximum absolute atomic E-state index is 12.8. The van der Waals surface area contributed by atoms with Gasteiger partial charge in [-0.3, -0.25) is 19.0 Å². The van der Waals surface area contributed by atoms with E-state index in [-0.39, 0.29) is 23.6 Å². The van der Waals surface area contributed by atoms with Gasteiger partial charge in [-0.2, -0.15) is 5.10 Å². The smallest absolute Gasteiger partial charge is 0.272 e. The molecule has 3 aromatic carbocycles. The van der Waals surface area contributed by atoms with Crippen LogP contribution in [0, 0.1) is 6.92 Å². The number of ketones is 1. The average molecular weight is 454 g/mol. The number of benzene rings is 3. The fourth-order valence-corrected chi connectivity index (χ4v) is 3.48. The lowest BCUT2D eigenvalue weighted by atomic mass is 10.0. The Kier molecular flexibility index (Phi) is 6.59. The number of fused-ring (bicyclic) bond motifs is 1. The Morgan fingerprint density at radius 1 is 1.03 bits per heavy atom. The number of hydrogen-bond donors (Lipinski definition) is 1. The van der Waals surface area contributed by atoms with Crippen LogP contribution in [0.5, 0.6) is 5.75 Å². The first-order chi connectivity index (χ1) is 16.5. The number of ether oxygens (including phenoxy) is 1. The zero-order chi connectivity index (χ0) is 24.1. The normalized spacial score (nSPS) is 11.0. The zero-order valence-electron chi connectivity index (χ0n) is 18.7. The number of nitrogens with zero attached hydrogens (tertiary/aromatic N) is 3. The number of hydrogen-bond acceptors (Lipinski definition) is 6. The van der Waals surface area contributed by atoms with Crippen molar-refractivity contribution in [1.29, 1.82) is 0 Å². The van der Waals surface area contributed by atoms with Gasteiger partial charge in [0.25, 0.3) is 11.5 Å². The minimum absolute atomic E-state index is 0.148. The second-order valence-electron chi connectivity index (χ2n) is 7.55. The topological polar surface area (TPSA) is 103 Å². The van der Waals surface area contributed by atoms with Gasteiger partial charge >= 0.3 is 0 Å². The summed E-state index contributed by atoms with van der Waals surface area (Å²) in [5.74, 6) is 0.0997. The summed E-state index contributed by atoms with van der Waals surface area (Å²) in [7, 11) is 1.58. The van der Waals surface area contributed by atoms with Crippen LogP contribution in [0.15, 0.2) is 82.7 Å². The van der Waals surface area contributed by atoms with Crippen LogP contribution in [0.3, 0.4) is 0 Å². The van der Waals surface area contributed by atoms with Crippen molar-refractivity contribution in [2.75, 3.05) is 7.11 Å². The summed E-state index contributed by atoms with van der Waals surface area (Å²) < 4.78 is 6.43. The number of carbonyl (C=O) groups is 2. The van der Waals surface area contributed by atoms with Crippen LogP contribution >= 0.6 is 0 Å². The van der Waals surface area contributed by atoms with Gasteiger partial charge < -0.3 is 4.74 Å². The molecule has 0 spiro atoms. The molecule has 1 aromatic heterocycles. The number of rotatable bonds is 7. The summed E-state index contributed by atoms with van der Waals surface area (Å²) in [5.41, 5.74) is 4.97. The van der Waals surface area contributed by atoms with Gasteiger partial charge in [0.2, 0.25) is 0 Å². The molecule has 0 fully saturated rings. The average Bonchev–Trinajstić information content (AvgIpc) is 2.87. The Labute approximate surface area is 195 Å². The molecule has 34 heavy (non-hydrogen) atoms. The van der Waals surface area contributed by atoms with Crippen molar-refractivity contribution in [2.24, 2.45) is 5.10 Å². The fourth-order valence-electron chi connectivity index (χ4n) is 3.48. The molecular formula is C26H22N4O4. The largest absolute Gasteiger partial charge is 0.497 e. The molecule has 170 valence electrons. The van der Waals surface area contributed by atoms with Crippen LogP contribution in [0.1, 0.15) is 27.2 Å². The molecule has 8 nitrogen and oxygen atoms in total. The van der Waals surface area contributed by atoms with Gasteiger partial charge in [0.1, 0.15) is 18.0 Å². The van der Waals surface area contributed by atoms with Gasteiger partial charge in [0, 0.05) is 11.1 Å². The predicted octanol–water partition coefficient (Wildman–Crippen LogP) is 3.09. The predicted molar refractivity (Wildman–Crippen MR) is 129 cm³/mol. The molecule has 1 N–H and O–H groups in total. The molecule has 0 aliphatic rings. The number of methoxy groups -OCH3 is 1. The Hall–Kier alpha value is -4.59. The Morgan fingerprint density at radius 3 is 2.47 bits per heavy atom. The summed E-state index contributed by atoms with van der Waals surface area (Å²) in [6, 6.07) is 21.0. The Bertz CT molecular complexity index is 1440. The first-order valence-electron chi connectivity index (χ1n) is 10.5. The number of carbonyl (C=O) groups excluding carboxylic acids is 2. The lowest BCUT2D eigenvalue weighted by Crippen LogP contribution is -2.31. The second-order valence-corrected chi connectivity index (χ2v) is 7.55. The molecule has 0 saturated heterocycles. The van der Waals surface area contributed by atoms with Gasteiger partial charge in [0.05, 0.1) is 24.4 Å². The van der Waals surface area contributed by atoms with Gasteiger partial charge in [-0.25, -0.2) is 10.4 Å². The SMILES string of the molecule is COc1ccc(C=NNC(=O)Cn2c(=O)c(C)nc3cc(C(=O)c4ccccc4)ccc32)cc1. The van der Waals surface area contributed by atoms with E-state index < -0.39 is 5.91 Å². The molecule has 0 saturated carbocycles. The maximum Gasteiger partial charge on any atom is 0.272 e. The third-order valence-corrected chi connectivity index (χ3v) is 5.23. The third kappa shape index (κ3) is 4.91. The summed E-state index contributed by atoms with van der Waals surface area (Å²) >= 11 is 0. The van der Waals surface area contributed by atoms with E-state index >= 15 is 0 Å². The van der Waals surface area contributed by atoms with E-state index in [0.717, 1.165) is 5.56 Å². The molecule has 0 radical (unpaired) electrons. The first-order valence-corrected chi connectivity index (χ1v) is 10.5. The van der Waals surface area contributed by atoms with E-state index in [1.54, 1.807) is 80.8 Å². The quantitative estimate of drug-likeness (QED) is 0.263. The van der Waals surface area contributed by atoms with Crippen molar-refractivity contribution >= 4 is 28.9 Å². The summed E-state index contributed by atoms with van der Waals surface area (Å²) in [6.07, 6.45) is 1.50. The number of nitrogens with one attached hydrogen (secondary N) is 1. The molecule has 0 atom stereocenters. The molecule has 1 amide bonds. The zero-order valence-corrected chi connectivity index (χ0v) is 18.7. The standard InChI is InChI=1S/C26H22N4O4/c1-17-26(33)30(16-24(31)29-27-15-18-8-11-21(34-2)12-9-18)23-13-10-20(14-22(23)28-17)25(32)19-6-4-3-5-7-19/h3-15H,16H2,1-2H3,(H,29,31). The molecule has 0 unspecified atom stereocenters. The molecule has 0 aliphatic heterocycles. The van der Waals surface area contributed by atoms with Crippen LogP contribution in [0.2, 0.25) is 0 Å². The van der Waals surface area contributed by atoms with Crippen LogP contribution in [-0.4, -0.2) is 34.6 Å². The van der Waals surface area contributed by atoms with Crippen molar-refractivity contribution < 1.29 is 14.3 Å². The molecule has 0 bridgehead atoms. The van der Waals surface area contributed by atoms with Crippen molar-refractivity contribution in [3.05, 3.63) is 106 Å². The van der Waals surface area contributed by atoms with Gasteiger partial charge in [0.15, 0.2) is 5.78 Å². The van der Waals surface area contributed by atoms with E-state index in [2.05, 4.69) is 15.5 Å². The van der Waals surface area contributed by atoms with E-state index in [1.165, 1.54) is 10.8 Å². The minimum Gasteiger partial charge on any atom is -0.497 e. The Balaban J connectivity index is 1.56. The number of aryl methyl sites for hydroxylation is 1. The molecule has 4 aromatic rings. The van der Waals surface area contributed by atoms with Crippen molar-refractivity contribution in [2.45, 2.75) is 13.5 Å². The van der Waals surface area contributed by atoms with Crippen LogP contribution in [-0.2, 0) is 11.3 Å². The maximum atomic E-state index is 12.8. The molecular weight excluding hydrogens is 432 g/mol. The van der Waals surface area contributed by atoms with Gasteiger partial charge in [-0.15, -0.1) is 0 Å². The van der Waals surface area contributed by atoms with Crippen LogP contribution in [0.25, 0.3) is 11.0 Å². The highest BCUT2D eigenvalue weighted by atomic mass is 16.5. The molecule has 4 rings (SSSR count). The minimum atomic E-state index is -0.469. The van der Waals surface area contributed by atoms with Gasteiger partial charge in [-0.1, -0.05) is 30.3 Å². The molecule has 8 heteroatoms. The summed E-state index contributed by atoms with van der Waals surface area (Å²) in [4.78, 5) is 42.3. The highest BCUT2D eigenvalue weighted by Gasteiger charge is 2.15. The van der Waals surface area contributed by atoms with Crippen molar-refractivity contribution in [3.8, 4) is 5.75 Å². The highest BCUT2D eigenvalue weighted by Crippen LogP contribution is 2.17. The second kappa shape index (κ2) is 9.91. The van der Waals surface area contributed by atoms with E-state index in [1.807, 2.05) is 6.07 Å². The molecule has 1 heterocycles. The van der Waals surface area contributed by atoms with Crippen LogP contribution < -0.4 is 15.7 Å². The van der Waals surface area contributed by atoms with E-state index in [0.29, 0.717) is 27.9 Å².